The fourth-order valence-corrected chi connectivity index (χ4v) is 2.61. The summed E-state index contributed by atoms with van der Waals surface area (Å²) in [7, 11) is 1.55. The van der Waals surface area contributed by atoms with E-state index in [1.165, 1.54) is 6.26 Å². The summed E-state index contributed by atoms with van der Waals surface area (Å²) in [5, 5.41) is 2.68. The van der Waals surface area contributed by atoms with Crippen molar-refractivity contribution in [3.05, 3.63) is 71.7 Å². The summed E-state index contributed by atoms with van der Waals surface area (Å²) in [5.41, 5.74) is 1.86. The molecule has 0 fully saturated rings. The van der Waals surface area contributed by atoms with Crippen molar-refractivity contribution in [1.82, 2.24) is 5.32 Å². The van der Waals surface area contributed by atoms with E-state index in [0.717, 1.165) is 11.1 Å². The van der Waals surface area contributed by atoms with Gasteiger partial charge in [-0.05, 0) is 23.3 Å². The van der Waals surface area contributed by atoms with Crippen LogP contribution in [0.4, 0.5) is 0 Å². The van der Waals surface area contributed by atoms with E-state index in [2.05, 4.69) is 5.32 Å². The molecule has 0 bridgehead atoms. The first kappa shape index (κ1) is 21.0. The van der Waals surface area contributed by atoms with E-state index in [9.17, 15) is 9.59 Å². The summed E-state index contributed by atoms with van der Waals surface area (Å²) >= 11 is 0. The highest BCUT2D eigenvalue weighted by atomic mass is 16.6. The van der Waals surface area contributed by atoms with Crippen molar-refractivity contribution >= 4 is 11.9 Å². The van der Waals surface area contributed by atoms with Gasteiger partial charge < -0.3 is 29.0 Å². The molecule has 0 unspecified atom stereocenters. The number of carbonyl (C=O) groups excluding carboxylic acids is 2. The largest absolute Gasteiger partial charge is 0.493 e. The van der Waals surface area contributed by atoms with Gasteiger partial charge in [-0.15, -0.1) is 0 Å². The molecule has 3 rings (SSSR count). The normalized spacial score (nSPS) is 12.6. The average Bonchev–Trinajstić information content (AvgIpc) is 2.81. The summed E-state index contributed by atoms with van der Waals surface area (Å²) in [6.07, 6.45) is 1.18. The van der Waals surface area contributed by atoms with Crippen molar-refractivity contribution in [1.29, 1.82) is 0 Å². The van der Waals surface area contributed by atoms with Crippen LogP contribution in [0.1, 0.15) is 11.1 Å². The molecule has 8 heteroatoms. The van der Waals surface area contributed by atoms with Crippen LogP contribution in [0.15, 0.2) is 60.6 Å². The summed E-state index contributed by atoms with van der Waals surface area (Å²) in [5.74, 6) is -0.0702. The molecule has 0 radical (unpaired) electrons. The topological polar surface area (TPSA) is 92.3 Å². The van der Waals surface area contributed by atoms with Gasteiger partial charge in [-0.2, -0.15) is 0 Å². The van der Waals surface area contributed by atoms with Crippen molar-refractivity contribution in [3.63, 3.8) is 0 Å². The van der Waals surface area contributed by atoms with Gasteiger partial charge in [-0.25, -0.2) is 4.79 Å². The molecule has 0 atom stereocenters. The Morgan fingerprint density at radius 2 is 1.87 bits per heavy atom. The first-order valence-corrected chi connectivity index (χ1v) is 9.38. The van der Waals surface area contributed by atoms with Crippen LogP contribution < -0.4 is 14.8 Å². The molecular formula is C22H23NO7. The minimum Gasteiger partial charge on any atom is -0.493 e. The quantitative estimate of drug-likeness (QED) is 0.631. The number of amides is 1. The molecular weight excluding hydrogens is 390 g/mol. The van der Waals surface area contributed by atoms with Gasteiger partial charge in [0.25, 0.3) is 5.91 Å². The van der Waals surface area contributed by atoms with Crippen LogP contribution in [0.3, 0.4) is 0 Å². The monoisotopic (exact) mass is 413 g/mol. The number of benzene rings is 2. The summed E-state index contributed by atoms with van der Waals surface area (Å²) < 4.78 is 26.2. The first-order valence-electron chi connectivity index (χ1n) is 9.38. The van der Waals surface area contributed by atoms with E-state index >= 15 is 0 Å². The molecule has 158 valence electrons. The molecule has 30 heavy (non-hydrogen) atoms. The lowest BCUT2D eigenvalue weighted by molar-refractivity contribution is -0.149. The third-order valence-corrected chi connectivity index (χ3v) is 4.14. The van der Waals surface area contributed by atoms with Gasteiger partial charge in [-0.1, -0.05) is 36.4 Å². The molecule has 2 aromatic carbocycles. The number of esters is 1. The number of methoxy groups -OCH3 is 1. The molecule has 1 aliphatic heterocycles. The van der Waals surface area contributed by atoms with Gasteiger partial charge >= 0.3 is 5.97 Å². The molecule has 0 aromatic heterocycles. The van der Waals surface area contributed by atoms with Crippen molar-refractivity contribution in [2.45, 2.75) is 13.2 Å². The number of nitrogens with one attached hydrogen (secondary N) is 1. The minimum atomic E-state index is -0.744. The van der Waals surface area contributed by atoms with Crippen LogP contribution in [0, 0.1) is 0 Å². The molecule has 1 aliphatic rings. The van der Waals surface area contributed by atoms with E-state index < -0.39 is 18.5 Å². The zero-order chi connectivity index (χ0) is 21.2. The maximum atomic E-state index is 11.9. The van der Waals surface area contributed by atoms with Gasteiger partial charge in [0.05, 0.1) is 7.11 Å². The Balaban J connectivity index is 1.47. The zero-order valence-electron chi connectivity index (χ0n) is 16.6. The highest BCUT2D eigenvalue weighted by Gasteiger charge is 2.18. The number of hydrogen-bond donors (Lipinski definition) is 1. The van der Waals surface area contributed by atoms with Crippen LogP contribution in [0.2, 0.25) is 0 Å². The molecule has 0 spiro atoms. The summed E-state index contributed by atoms with van der Waals surface area (Å²) in [4.78, 5) is 23.7. The maximum absolute atomic E-state index is 11.9. The van der Waals surface area contributed by atoms with Crippen molar-refractivity contribution in [2.24, 2.45) is 0 Å². The van der Waals surface area contributed by atoms with E-state index in [4.69, 9.17) is 23.7 Å². The fraction of sp³-hybridized carbons (Fsp3) is 0.273. The molecule has 1 amide bonds. The van der Waals surface area contributed by atoms with E-state index in [0.29, 0.717) is 24.7 Å². The van der Waals surface area contributed by atoms with Gasteiger partial charge in [0.15, 0.2) is 18.1 Å². The Bertz CT molecular complexity index is 896. The highest BCUT2D eigenvalue weighted by molar-refractivity contribution is 5.88. The third-order valence-electron chi connectivity index (χ3n) is 4.14. The third kappa shape index (κ3) is 6.16. The van der Waals surface area contributed by atoms with E-state index in [1.54, 1.807) is 19.2 Å². The number of ether oxygens (including phenoxy) is 5. The lowest BCUT2D eigenvalue weighted by Gasteiger charge is -2.14. The second kappa shape index (κ2) is 10.8. The van der Waals surface area contributed by atoms with Gasteiger partial charge in [-0.3, -0.25) is 4.79 Å². The predicted molar refractivity (Wildman–Crippen MR) is 107 cm³/mol. The van der Waals surface area contributed by atoms with Crippen molar-refractivity contribution in [3.8, 4) is 11.5 Å². The minimum absolute atomic E-state index is 0.0510. The molecule has 0 saturated heterocycles. The smallest absolute Gasteiger partial charge is 0.377 e. The molecule has 1 N–H and O–H groups in total. The average molecular weight is 413 g/mol. The van der Waals surface area contributed by atoms with E-state index in [-0.39, 0.29) is 18.9 Å². The second-order valence-electron chi connectivity index (χ2n) is 6.31. The highest BCUT2D eigenvalue weighted by Crippen LogP contribution is 2.28. The molecule has 8 nitrogen and oxygen atoms in total. The fourth-order valence-electron chi connectivity index (χ4n) is 2.61. The Morgan fingerprint density at radius 1 is 1.03 bits per heavy atom. The summed E-state index contributed by atoms with van der Waals surface area (Å²) in [6, 6.07) is 15.2. The maximum Gasteiger partial charge on any atom is 0.377 e. The zero-order valence-corrected chi connectivity index (χ0v) is 16.6. The SMILES string of the molecule is COc1cc(CNC(=O)COC(=O)C2=COCCO2)ccc1OCc1ccccc1. The lowest BCUT2D eigenvalue weighted by atomic mass is 10.2. The number of hydrogen-bond acceptors (Lipinski definition) is 7. The molecule has 2 aromatic rings. The van der Waals surface area contributed by atoms with Crippen LogP contribution in [0.25, 0.3) is 0 Å². The van der Waals surface area contributed by atoms with E-state index in [1.807, 2.05) is 36.4 Å². The van der Waals surface area contributed by atoms with Crippen LogP contribution in [0.5, 0.6) is 11.5 Å². The Morgan fingerprint density at radius 3 is 2.60 bits per heavy atom. The Labute approximate surface area is 174 Å². The first-order chi connectivity index (χ1) is 14.7. The molecule has 0 saturated carbocycles. The van der Waals surface area contributed by atoms with Gasteiger partial charge in [0, 0.05) is 6.54 Å². The summed E-state index contributed by atoms with van der Waals surface area (Å²) in [6.45, 7) is 0.879. The lowest BCUT2D eigenvalue weighted by Crippen LogP contribution is -2.29. The molecule has 0 aliphatic carbocycles. The molecule has 1 heterocycles. The number of carbonyl (C=O) groups is 2. The van der Waals surface area contributed by atoms with Crippen LogP contribution in [-0.2, 0) is 37.0 Å². The predicted octanol–water partition coefficient (Wildman–Crippen LogP) is 2.32. The number of rotatable bonds is 9. The van der Waals surface area contributed by atoms with Gasteiger partial charge in [0.2, 0.25) is 5.76 Å². The van der Waals surface area contributed by atoms with Crippen molar-refractivity contribution in [2.75, 3.05) is 26.9 Å². The van der Waals surface area contributed by atoms with Crippen molar-refractivity contribution < 1.29 is 33.3 Å². The second-order valence-corrected chi connectivity index (χ2v) is 6.31. The van der Waals surface area contributed by atoms with Crippen LogP contribution >= 0.6 is 0 Å². The Hall–Kier alpha value is -3.68. The van der Waals surface area contributed by atoms with Gasteiger partial charge in [0.1, 0.15) is 26.1 Å². The standard InChI is InChI=1S/C22H23NO7/c1-26-19-11-17(7-8-18(19)29-13-16-5-3-2-4-6-16)12-23-21(24)15-30-22(25)20-14-27-9-10-28-20/h2-8,11,14H,9-10,12-13,15H2,1H3,(H,23,24). The Kier molecular flexibility index (Phi) is 7.54. The van der Waals surface area contributed by atoms with Crippen LogP contribution in [-0.4, -0.2) is 38.8 Å².